The van der Waals surface area contributed by atoms with Crippen LogP contribution in [0, 0.1) is 0 Å². The van der Waals surface area contributed by atoms with Crippen LogP contribution in [0.5, 0.6) is 0 Å². The summed E-state index contributed by atoms with van der Waals surface area (Å²) < 4.78 is 5.15. The summed E-state index contributed by atoms with van der Waals surface area (Å²) >= 11 is 1.64. The molecule has 25 heavy (non-hydrogen) atoms. The molecule has 0 N–H and O–H groups in total. The summed E-state index contributed by atoms with van der Waals surface area (Å²) in [6.07, 6.45) is 2.82. The molecular weight excluding hydrogens is 336 g/mol. The predicted molar refractivity (Wildman–Crippen MR) is 95.3 cm³/mol. The summed E-state index contributed by atoms with van der Waals surface area (Å²) in [5.74, 6) is 1.65. The summed E-state index contributed by atoms with van der Waals surface area (Å²) in [5, 5.41) is 17.9. The average Bonchev–Trinajstić information content (AvgIpc) is 3.30. The minimum absolute atomic E-state index is 0.735. The quantitative estimate of drug-likeness (QED) is 0.550. The van der Waals surface area contributed by atoms with Gasteiger partial charge in [-0.05, 0) is 18.6 Å². The minimum atomic E-state index is 0.735. The molecular formula is C16H16N8S. The van der Waals surface area contributed by atoms with Crippen molar-refractivity contribution in [3.8, 4) is 10.8 Å². The topological polar surface area (TPSA) is 77.5 Å². The smallest absolute Gasteiger partial charge is 0.227 e. The predicted octanol–water partition coefficient (Wildman–Crippen LogP) is 2.09. The third-order valence-corrected chi connectivity index (χ3v) is 5.50. The Morgan fingerprint density at radius 1 is 1.12 bits per heavy atom. The first kappa shape index (κ1) is 14.5. The molecule has 1 aliphatic heterocycles. The highest BCUT2D eigenvalue weighted by Crippen LogP contribution is 2.30. The molecule has 0 amide bonds. The van der Waals surface area contributed by atoms with Gasteiger partial charge in [-0.15, -0.1) is 26.6 Å². The highest BCUT2D eigenvalue weighted by molar-refractivity contribution is 7.21. The van der Waals surface area contributed by atoms with Crippen molar-refractivity contribution in [2.45, 2.75) is 19.5 Å². The normalized spacial score (nSPS) is 14.7. The second kappa shape index (κ2) is 5.62. The van der Waals surface area contributed by atoms with E-state index >= 15 is 0 Å². The average molecular weight is 352 g/mol. The Kier molecular flexibility index (Phi) is 3.27. The summed E-state index contributed by atoms with van der Waals surface area (Å²) in [6, 6.07) is 8.13. The lowest BCUT2D eigenvalue weighted by Crippen LogP contribution is -2.25. The van der Waals surface area contributed by atoms with Gasteiger partial charge in [0, 0.05) is 20.1 Å². The van der Waals surface area contributed by atoms with Crippen molar-refractivity contribution in [3.63, 3.8) is 0 Å². The number of fused-ring (bicyclic) bond motifs is 2. The number of para-hydroxylation sites is 1. The highest BCUT2D eigenvalue weighted by Gasteiger charge is 2.22. The second-order valence-corrected chi connectivity index (χ2v) is 7.12. The van der Waals surface area contributed by atoms with Gasteiger partial charge in [0.1, 0.15) is 0 Å². The van der Waals surface area contributed by atoms with Crippen LogP contribution in [0.15, 0.2) is 30.5 Å². The van der Waals surface area contributed by atoms with Crippen molar-refractivity contribution in [1.82, 2.24) is 34.7 Å². The van der Waals surface area contributed by atoms with Crippen molar-refractivity contribution in [1.29, 1.82) is 0 Å². The fourth-order valence-electron chi connectivity index (χ4n) is 3.20. The molecule has 5 rings (SSSR count). The van der Waals surface area contributed by atoms with Crippen LogP contribution < -0.4 is 4.90 Å². The molecule has 4 aromatic rings. The van der Waals surface area contributed by atoms with Gasteiger partial charge in [0.25, 0.3) is 0 Å². The molecule has 0 fully saturated rings. The number of benzene rings is 1. The Labute approximate surface area is 147 Å². The number of thiazole rings is 1. The molecule has 1 aliphatic rings. The van der Waals surface area contributed by atoms with Crippen LogP contribution in [0.2, 0.25) is 0 Å². The van der Waals surface area contributed by atoms with E-state index in [2.05, 4.69) is 31.5 Å². The van der Waals surface area contributed by atoms with Crippen molar-refractivity contribution in [2.24, 2.45) is 7.05 Å². The fraction of sp³-hybridized carbons (Fsp3) is 0.312. The van der Waals surface area contributed by atoms with E-state index in [1.54, 1.807) is 11.3 Å². The molecule has 126 valence electrons. The van der Waals surface area contributed by atoms with Crippen LogP contribution in [0.3, 0.4) is 0 Å². The van der Waals surface area contributed by atoms with Crippen LogP contribution in [-0.2, 0) is 20.1 Å². The Bertz CT molecular complexity index is 1010. The van der Waals surface area contributed by atoms with Crippen LogP contribution in [0.25, 0.3) is 21.0 Å². The molecule has 0 radical (unpaired) electrons. The molecule has 0 atom stereocenters. The van der Waals surface area contributed by atoms with Crippen LogP contribution >= 0.6 is 11.3 Å². The maximum absolute atomic E-state index is 4.70. The van der Waals surface area contributed by atoms with Crippen LogP contribution in [0.1, 0.15) is 12.1 Å². The van der Waals surface area contributed by atoms with E-state index in [1.165, 1.54) is 0 Å². The number of anilines is 1. The zero-order chi connectivity index (χ0) is 16.8. The lowest BCUT2D eigenvalue weighted by molar-refractivity contribution is 0.569. The van der Waals surface area contributed by atoms with Gasteiger partial charge < -0.3 is 4.90 Å². The fourth-order valence-corrected chi connectivity index (χ4v) is 4.18. The van der Waals surface area contributed by atoms with E-state index in [9.17, 15) is 0 Å². The molecule has 0 saturated carbocycles. The number of aromatic nitrogens is 7. The van der Waals surface area contributed by atoms with Gasteiger partial charge in [0.05, 0.1) is 28.7 Å². The first-order valence-electron chi connectivity index (χ1n) is 8.17. The molecule has 0 aliphatic carbocycles. The number of nitrogens with zero attached hydrogens (tertiary/aromatic N) is 8. The molecule has 0 unspecified atom stereocenters. The van der Waals surface area contributed by atoms with E-state index in [1.807, 2.05) is 40.7 Å². The van der Waals surface area contributed by atoms with Gasteiger partial charge in [0.2, 0.25) is 5.95 Å². The largest absolute Gasteiger partial charge is 0.335 e. The molecule has 8 nitrogen and oxygen atoms in total. The molecule has 4 heterocycles. The first-order chi connectivity index (χ1) is 12.3. The van der Waals surface area contributed by atoms with Crippen LogP contribution in [0.4, 0.5) is 5.95 Å². The molecule has 0 spiro atoms. The van der Waals surface area contributed by atoms with E-state index in [0.717, 1.165) is 58.7 Å². The standard InChI is InChI=1S/C16H16N8S/c1-22-14(15-18-12-5-2-3-6-13(12)25-15)19-20-16(22)23-7-4-8-24-11(10-23)9-17-21-24/h2-3,5-6,9H,4,7-8,10H2,1H3. The zero-order valence-corrected chi connectivity index (χ0v) is 14.5. The molecule has 0 bridgehead atoms. The first-order valence-corrected chi connectivity index (χ1v) is 8.99. The van der Waals surface area contributed by atoms with Crippen molar-refractivity contribution in [3.05, 3.63) is 36.2 Å². The minimum Gasteiger partial charge on any atom is -0.335 e. The lowest BCUT2D eigenvalue weighted by atomic mass is 10.3. The highest BCUT2D eigenvalue weighted by atomic mass is 32.1. The van der Waals surface area contributed by atoms with Gasteiger partial charge in [0.15, 0.2) is 10.8 Å². The number of hydrogen-bond acceptors (Lipinski definition) is 7. The summed E-state index contributed by atoms with van der Waals surface area (Å²) in [7, 11) is 2.00. The van der Waals surface area contributed by atoms with Gasteiger partial charge in [-0.3, -0.25) is 4.57 Å². The second-order valence-electron chi connectivity index (χ2n) is 6.09. The summed E-state index contributed by atoms with van der Waals surface area (Å²) in [5.41, 5.74) is 2.10. The van der Waals surface area contributed by atoms with Gasteiger partial charge in [-0.1, -0.05) is 17.3 Å². The van der Waals surface area contributed by atoms with Gasteiger partial charge in [-0.2, -0.15) is 0 Å². The molecule has 0 saturated heterocycles. The molecule has 3 aromatic heterocycles. The van der Waals surface area contributed by atoms with Gasteiger partial charge in [-0.25, -0.2) is 9.67 Å². The Balaban J connectivity index is 1.52. The zero-order valence-electron chi connectivity index (χ0n) is 13.7. The van der Waals surface area contributed by atoms with Crippen molar-refractivity contribution >= 4 is 27.5 Å². The number of hydrogen-bond donors (Lipinski definition) is 0. The van der Waals surface area contributed by atoms with E-state index in [4.69, 9.17) is 4.98 Å². The van der Waals surface area contributed by atoms with Crippen molar-refractivity contribution < 1.29 is 0 Å². The van der Waals surface area contributed by atoms with E-state index in [0.29, 0.717) is 0 Å². The van der Waals surface area contributed by atoms with Crippen LogP contribution in [-0.4, -0.2) is 41.3 Å². The van der Waals surface area contributed by atoms with Crippen molar-refractivity contribution in [2.75, 3.05) is 11.4 Å². The summed E-state index contributed by atoms with van der Waals surface area (Å²) in [4.78, 5) is 6.93. The van der Waals surface area contributed by atoms with Gasteiger partial charge >= 0.3 is 0 Å². The lowest BCUT2D eigenvalue weighted by Gasteiger charge is -2.20. The molecule has 9 heteroatoms. The monoisotopic (exact) mass is 352 g/mol. The molecule has 1 aromatic carbocycles. The number of aryl methyl sites for hydroxylation is 1. The third kappa shape index (κ3) is 2.39. The Morgan fingerprint density at radius 3 is 2.96 bits per heavy atom. The Hall–Kier alpha value is -2.81. The van der Waals surface area contributed by atoms with E-state index in [-0.39, 0.29) is 0 Å². The Morgan fingerprint density at radius 2 is 2.04 bits per heavy atom. The maximum atomic E-state index is 4.70. The maximum Gasteiger partial charge on any atom is 0.227 e. The SMILES string of the molecule is Cn1c(-c2nc3ccccc3s2)nnc1N1CCCn2nncc2C1. The van der Waals surface area contributed by atoms with E-state index < -0.39 is 0 Å². The third-order valence-electron chi connectivity index (χ3n) is 4.47. The summed E-state index contributed by atoms with van der Waals surface area (Å²) in [6.45, 7) is 2.53. The number of rotatable bonds is 2.